The number of benzene rings is 2. The highest BCUT2D eigenvalue weighted by Gasteiger charge is 2.29. The highest BCUT2D eigenvalue weighted by Crippen LogP contribution is 2.31. The number of nitrogens with zero attached hydrogens (tertiary/aromatic N) is 2. The van der Waals surface area contributed by atoms with Crippen molar-refractivity contribution in [2.45, 2.75) is 26.4 Å². The molecular weight excluding hydrogens is 353 g/mol. The van der Waals surface area contributed by atoms with Crippen LogP contribution in [-0.2, 0) is 6.54 Å². The molecule has 1 amide bonds. The second-order valence-electron chi connectivity index (χ2n) is 6.98. The van der Waals surface area contributed by atoms with Gasteiger partial charge in [-0.15, -0.1) is 0 Å². The fourth-order valence-electron chi connectivity index (χ4n) is 3.61. The minimum Gasteiger partial charge on any atom is -0.363 e. The Balaban J connectivity index is 1.58. The van der Waals surface area contributed by atoms with Crippen molar-refractivity contribution in [3.8, 4) is 11.1 Å². The van der Waals surface area contributed by atoms with Crippen LogP contribution < -0.4 is 5.32 Å². The minimum atomic E-state index is -0.254. The number of fused-ring (bicyclic) bond motifs is 1. The average Bonchev–Trinajstić information content (AvgIpc) is 3.05. The molecule has 142 valence electrons. The Morgan fingerprint density at radius 1 is 1.14 bits per heavy atom. The summed E-state index contributed by atoms with van der Waals surface area (Å²) in [7, 11) is 0. The van der Waals surface area contributed by atoms with Crippen molar-refractivity contribution in [3.63, 3.8) is 0 Å². The molecule has 1 aromatic heterocycles. The van der Waals surface area contributed by atoms with Gasteiger partial charge in [0.1, 0.15) is 11.6 Å². The van der Waals surface area contributed by atoms with E-state index in [4.69, 9.17) is 0 Å². The standard InChI is InChI=1S/C23H22FN3O/c1-3-27-14-20-19(23(27)28)11-12-25-22(20)26-15(2)17-9-10-18(21(24)13-17)16-7-5-4-6-8-16/h4-13,15H,3,14H2,1-2H3,(H,25,26)/t15-/m0/s1. The molecule has 4 rings (SSSR count). The monoisotopic (exact) mass is 375 g/mol. The zero-order valence-corrected chi connectivity index (χ0v) is 15.9. The molecule has 0 saturated heterocycles. The molecule has 0 aliphatic carbocycles. The number of amides is 1. The molecule has 0 spiro atoms. The van der Waals surface area contributed by atoms with E-state index in [1.165, 1.54) is 0 Å². The minimum absolute atomic E-state index is 0.0360. The molecule has 0 fully saturated rings. The number of pyridine rings is 1. The van der Waals surface area contributed by atoms with Crippen molar-refractivity contribution in [2.75, 3.05) is 11.9 Å². The molecule has 1 atom stereocenters. The Morgan fingerprint density at radius 3 is 2.64 bits per heavy atom. The molecule has 1 aliphatic rings. The van der Waals surface area contributed by atoms with Gasteiger partial charge in [-0.1, -0.05) is 42.5 Å². The first-order valence-corrected chi connectivity index (χ1v) is 9.47. The number of carbonyl (C=O) groups is 1. The molecular formula is C23H22FN3O. The number of rotatable bonds is 5. The van der Waals surface area contributed by atoms with Gasteiger partial charge >= 0.3 is 0 Å². The zero-order chi connectivity index (χ0) is 19.7. The second kappa shape index (κ2) is 7.43. The fraction of sp³-hybridized carbons (Fsp3) is 0.217. The molecule has 0 unspecified atom stereocenters. The van der Waals surface area contributed by atoms with E-state index in [1.54, 1.807) is 23.2 Å². The molecule has 0 radical (unpaired) electrons. The lowest BCUT2D eigenvalue weighted by Gasteiger charge is -2.18. The van der Waals surface area contributed by atoms with E-state index in [-0.39, 0.29) is 17.8 Å². The highest BCUT2D eigenvalue weighted by molar-refractivity contribution is 5.99. The van der Waals surface area contributed by atoms with Gasteiger partial charge < -0.3 is 10.2 Å². The van der Waals surface area contributed by atoms with Crippen LogP contribution in [0, 0.1) is 5.82 Å². The first-order chi connectivity index (χ1) is 13.6. The molecule has 0 saturated carbocycles. The van der Waals surface area contributed by atoms with Gasteiger partial charge in [0.25, 0.3) is 5.91 Å². The normalized spacial score (nSPS) is 14.1. The lowest BCUT2D eigenvalue weighted by molar-refractivity contribution is 0.0787. The van der Waals surface area contributed by atoms with Crippen LogP contribution in [0.4, 0.5) is 10.2 Å². The number of nitrogens with one attached hydrogen (secondary N) is 1. The van der Waals surface area contributed by atoms with Gasteiger partial charge in [-0.2, -0.15) is 0 Å². The van der Waals surface area contributed by atoms with Crippen molar-refractivity contribution in [1.82, 2.24) is 9.88 Å². The largest absolute Gasteiger partial charge is 0.363 e. The Hall–Kier alpha value is -3.21. The van der Waals surface area contributed by atoms with Crippen molar-refractivity contribution >= 4 is 11.7 Å². The van der Waals surface area contributed by atoms with Gasteiger partial charge in [-0.05, 0) is 37.1 Å². The molecule has 2 aromatic carbocycles. The van der Waals surface area contributed by atoms with Gasteiger partial charge in [0.2, 0.25) is 0 Å². The molecule has 28 heavy (non-hydrogen) atoms. The summed E-state index contributed by atoms with van der Waals surface area (Å²) in [6.07, 6.45) is 1.64. The third-order valence-electron chi connectivity index (χ3n) is 5.24. The Kier molecular flexibility index (Phi) is 4.82. The van der Waals surface area contributed by atoms with Crippen LogP contribution in [0.5, 0.6) is 0 Å². The number of anilines is 1. The van der Waals surface area contributed by atoms with Gasteiger partial charge in [0.15, 0.2) is 0 Å². The predicted octanol–water partition coefficient (Wildman–Crippen LogP) is 5.04. The van der Waals surface area contributed by atoms with Crippen molar-refractivity contribution < 1.29 is 9.18 Å². The summed E-state index contributed by atoms with van der Waals surface area (Å²) < 4.78 is 14.7. The van der Waals surface area contributed by atoms with Crippen LogP contribution in [0.1, 0.15) is 41.4 Å². The molecule has 1 aliphatic heterocycles. The van der Waals surface area contributed by atoms with Crippen LogP contribution in [0.3, 0.4) is 0 Å². The number of halogens is 1. The summed E-state index contributed by atoms with van der Waals surface area (Å²) in [5.74, 6) is 0.464. The van der Waals surface area contributed by atoms with Crippen molar-refractivity contribution in [3.05, 3.63) is 83.3 Å². The summed E-state index contributed by atoms with van der Waals surface area (Å²) in [5.41, 5.74) is 3.86. The van der Waals surface area contributed by atoms with Gasteiger partial charge in [-0.25, -0.2) is 9.37 Å². The Labute approximate surface area is 164 Å². The van der Waals surface area contributed by atoms with Crippen LogP contribution in [0.25, 0.3) is 11.1 Å². The van der Waals surface area contributed by atoms with E-state index >= 15 is 0 Å². The van der Waals surface area contributed by atoms with Crippen molar-refractivity contribution in [2.24, 2.45) is 0 Å². The molecule has 4 nitrogen and oxygen atoms in total. The number of hydrogen-bond donors (Lipinski definition) is 1. The van der Waals surface area contributed by atoms with Crippen LogP contribution in [0.2, 0.25) is 0 Å². The maximum atomic E-state index is 14.7. The zero-order valence-electron chi connectivity index (χ0n) is 15.9. The summed E-state index contributed by atoms with van der Waals surface area (Å²) in [6, 6.07) is 16.4. The average molecular weight is 375 g/mol. The number of carbonyl (C=O) groups excluding carboxylic acids is 1. The van der Waals surface area contributed by atoms with E-state index in [0.717, 1.165) is 16.7 Å². The third kappa shape index (κ3) is 3.24. The molecule has 3 aromatic rings. The maximum Gasteiger partial charge on any atom is 0.254 e. The lowest BCUT2D eigenvalue weighted by atomic mass is 10.0. The van der Waals surface area contributed by atoms with Crippen LogP contribution in [0.15, 0.2) is 60.8 Å². The van der Waals surface area contributed by atoms with E-state index in [2.05, 4.69) is 10.3 Å². The summed E-state index contributed by atoms with van der Waals surface area (Å²) in [4.78, 5) is 18.6. The summed E-state index contributed by atoms with van der Waals surface area (Å²) in [6.45, 7) is 5.14. The third-order valence-corrected chi connectivity index (χ3v) is 5.24. The highest BCUT2D eigenvalue weighted by atomic mass is 19.1. The first kappa shape index (κ1) is 18.2. The first-order valence-electron chi connectivity index (χ1n) is 9.47. The van der Waals surface area contributed by atoms with Gasteiger partial charge in [-0.3, -0.25) is 4.79 Å². The Morgan fingerprint density at radius 2 is 1.93 bits per heavy atom. The van der Waals surface area contributed by atoms with Gasteiger partial charge in [0, 0.05) is 29.4 Å². The number of aromatic nitrogens is 1. The second-order valence-corrected chi connectivity index (χ2v) is 6.98. The molecule has 1 N–H and O–H groups in total. The topological polar surface area (TPSA) is 45.2 Å². The molecule has 0 bridgehead atoms. The van der Waals surface area contributed by atoms with E-state index in [1.807, 2.05) is 56.3 Å². The summed E-state index contributed by atoms with van der Waals surface area (Å²) >= 11 is 0. The SMILES string of the molecule is CCN1Cc2c(ccnc2N[C@@H](C)c2ccc(-c3ccccc3)c(F)c2)C1=O. The maximum absolute atomic E-state index is 14.7. The summed E-state index contributed by atoms with van der Waals surface area (Å²) in [5, 5.41) is 3.35. The molecule has 2 heterocycles. The smallest absolute Gasteiger partial charge is 0.254 e. The fourth-order valence-corrected chi connectivity index (χ4v) is 3.61. The van der Waals surface area contributed by atoms with Crippen molar-refractivity contribution in [1.29, 1.82) is 0 Å². The number of hydrogen-bond acceptors (Lipinski definition) is 3. The van der Waals surface area contributed by atoms with Crippen LogP contribution >= 0.6 is 0 Å². The van der Waals surface area contributed by atoms with Gasteiger partial charge in [0.05, 0.1) is 12.6 Å². The quantitative estimate of drug-likeness (QED) is 0.680. The van der Waals surface area contributed by atoms with Crippen LogP contribution in [-0.4, -0.2) is 22.3 Å². The lowest BCUT2D eigenvalue weighted by Crippen LogP contribution is -2.22. The predicted molar refractivity (Wildman–Crippen MR) is 109 cm³/mol. The molecule has 5 heteroatoms. The Bertz CT molecular complexity index is 1020. The van der Waals surface area contributed by atoms with E-state index < -0.39 is 0 Å². The van der Waals surface area contributed by atoms with E-state index in [9.17, 15) is 9.18 Å². The van der Waals surface area contributed by atoms with E-state index in [0.29, 0.717) is 30.0 Å².